The van der Waals surface area contributed by atoms with Crippen LogP contribution in [-0.4, -0.2) is 60.4 Å². The summed E-state index contributed by atoms with van der Waals surface area (Å²) < 4.78 is 5.87. The van der Waals surface area contributed by atoms with E-state index in [1.54, 1.807) is 29.2 Å². The molecule has 1 heterocycles. The molecule has 1 atom stereocenters. The first-order chi connectivity index (χ1) is 15.7. The van der Waals surface area contributed by atoms with Gasteiger partial charge < -0.3 is 19.6 Å². The zero-order valence-corrected chi connectivity index (χ0v) is 20.3. The molecule has 1 amide bonds. The number of halogens is 1. The van der Waals surface area contributed by atoms with Gasteiger partial charge in [-0.2, -0.15) is 0 Å². The van der Waals surface area contributed by atoms with Crippen LogP contribution in [0.5, 0.6) is 5.75 Å². The van der Waals surface area contributed by atoms with Gasteiger partial charge in [-0.25, -0.2) is 0 Å². The van der Waals surface area contributed by atoms with E-state index in [1.165, 1.54) is 0 Å². The summed E-state index contributed by atoms with van der Waals surface area (Å²) in [5.74, 6) is -0.492. The van der Waals surface area contributed by atoms with E-state index in [1.807, 2.05) is 43.3 Å². The first kappa shape index (κ1) is 24.8. The molecule has 1 saturated heterocycles. The van der Waals surface area contributed by atoms with Crippen molar-refractivity contribution in [2.45, 2.75) is 26.3 Å². The lowest BCUT2D eigenvalue weighted by molar-refractivity contribution is -0.139. The van der Waals surface area contributed by atoms with E-state index < -0.39 is 17.7 Å². The molecule has 0 aromatic heterocycles. The minimum absolute atomic E-state index is 0.0770. The maximum Gasteiger partial charge on any atom is 0.295 e. The van der Waals surface area contributed by atoms with Crippen molar-refractivity contribution in [3.8, 4) is 5.75 Å². The third-order valence-electron chi connectivity index (χ3n) is 5.42. The Morgan fingerprint density at radius 3 is 2.48 bits per heavy atom. The van der Waals surface area contributed by atoms with E-state index in [4.69, 9.17) is 16.3 Å². The summed E-state index contributed by atoms with van der Waals surface area (Å²) in [6.45, 7) is 5.84. The highest BCUT2D eigenvalue weighted by molar-refractivity contribution is 6.46. The number of carbonyl (C=O) groups is 2. The molecule has 6 nitrogen and oxygen atoms in total. The van der Waals surface area contributed by atoms with Gasteiger partial charge in [0.1, 0.15) is 11.5 Å². The van der Waals surface area contributed by atoms with E-state index >= 15 is 0 Å². The second-order valence-corrected chi connectivity index (χ2v) is 9.37. The van der Waals surface area contributed by atoms with Gasteiger partial charge in [-0.05, 0) is 74.9 Å². The topological polar surface area (TPSA) is 70.1 Å². The standard InChI is InChI=1S/C26H31ClN2O4/c1-17(2)16-33-21-8-5-7-19(15-21)23-22(24(30)18-9-11-20(27)12-10-18)25(31)26(32)29(23)14-6-13-28(3)4/h5,7-12,15,17,23,30H,6,13-14,16H2,1-4H3/b24-22-. The van der Waals surface area contributed by atoms with Gasteiger partial charge in [-0.15, -0.1) is 0 Å². The van der Waals surface area contributed by atoms with E-state index in [-0.39, 0.29) is 11.3 Å². The number of hydrogen-bond donors (Lipinski definition) is 1. The van der Waals surface area contributed by atoms with E-state index in [0.717, 1.165) is 12.1 Å². The number of amides is 1. The maximum atomic E-state index is 13.1. The van der Waals surface area contributed by atoms with Gasteiger partial charge in [0.05, 0.1) is 18.2 Å². The van der Waals surface area contributed by atoms with E-state index in [9.17, 15) is 14.7 Å². The summed E-state index contributed by atoms with van der Waals surface area (Å²) in [7, 11) is 3.92. The summed E-state index contributed by atoms with van der Waals surface area (Å²) in [6.07, 6.45) is 0.695. The molecule has 0 saturated carbocycles. The molecule has 0 spiro atoms. The third-order valence-corrected chi connectivity index (χ3v) is 5.67. The predicted octanol–water partition coefficient (Wildman–Crippen LogP) is 4.75. The molecule has 1 aliphatic rings. The fourth-order valence-corrected chi connectivity index (χ4v) is 3.94. The number of aliphatic hydroxyl groups excluding tert-OH is 1. The van der Waals surface area contributed by atoms with Gasteiger partial charge in [0.25, 0.3) is 11.7 Å². The Morgan fingerprint density at radius 2 is 1.85 bits per heavy atom. The van der Waals surface area contributed by atoms with Crippen LogP contribution in [0.25, 0.3) is 5.76 Å². The first-order valence-electron chi connectivity index (χ1n) is 11.1. The van der Waals surface area contributed by atoms with Gasteiger partial charge in [-0.1, -0.05) is 37.6 Å². The van der Waals surface area contributed by atoms with Crippen LogP contribution >= 0.6 is 11.6 Å². The minimum Gasteiger partial charge on any atom is -0.507 e. The number of carbonyl (C=O) groups excluding carboxylic acids is 2. The lowest BCUT2D eigenvalue weighted by atomic mass is 9.95. The number of ether oxygens (including phenoxy) is 1. The Labute approximate surface area is 200 Å². The molecule has 7 heteroatoms. The molecule has 2 aromatic carbocycles. The Kier molecular flexibility index (Phi) is 8.16. The van der Waals surface area contributed by atoms with Crippen LogP contribution in [-0.2, 0) is 9.59 Å². The Bertz CT molecular complexity index is 1030. The zero-order valence-electron chi connectivity index (χ0n) is 19.5. The highest BCUT2D eigenvalue weighted by Crippen LogP contribution is 2.40. The third kappa shape index (κ3) is 5.95. The highest BCUT2D eigenvalue weighted by atomic mass is 35.5. The van der Waals surface area contributed by atoms with Crippen LogP contribution in [0.15, 0.2) is 54.1 Å². The number of benzene rings is 2. The first-order valence-corrected chi connectivity index (χ1v) is 11.5. The molecule has 0 radical (unpaired) electrons. The molecular formula is C26H31ClN2O4. The monoisotopic (exact) mass is 470 g/mol. The van der Waals surface area contributed by atoms with Gasteiger partial charge in [0.2, 0.25) is 0 Å². The fraction of sp³-hybridized carbons (Fsp3) is 0.385. The minimum atomic E-state index is -0.703. The number of Topliss-reactive ketones (excluding diaryl/α,β-unsaturated/α-hetero) is 1. The summed E-state index contributed by atoms with van der Waals surface area (Å²) in [6, 6.07) is 13.2. The average molecular weight is 471 g/mol. The molecule has 1 fully saturated rings. The van der Waals surface area contributed by atoms with Crippen LogP contribution < -0.4 is 4.74 Å². The van der Waals surface area contributed by atoms with Gasteiger partial charge in [-0.3, -0.25) is 9.59 Å². The molecule has 2 aromatic rings. The molecule has 0 bridgehead atoms. The van der Waals surface area contributed by atoms with Crippen molar-refractivity contribution in [3.05, 3.63) is 70.3 Å². The second kappa shape index (κ2) is 10.9. The van der Waals surface area contributed by atoms with Crippen molar-refractivity contribution in [2.24, 2.45) is 5.92 Å². The number of rotatable bonds is 9. The van der Waals surface area contributed by atoms with Crippen molar-refractivity contribution in [1.29, 1.82) is 0 Å². The largest absolute Gasteiger partial charge is 0.507 e. The fourth-order valence-electron chi connectivity index (χ4n) is 3.82. The molecule has 1 aliphatic heterocycles. The molecule has 176 valence electrons. The van der Waals surface area contributed by atoms with Gasteiger partial charge in [0.15, 0.2) is 0 Å². The van der Waals surface area contributed by atoms with Crippen LogP contribution in [0.2, 0.25) is 5.02 Å². The maximum absolute atomic E-state index is 13.1. The summed E-state index contributed by atoms with van der Waals surface area (Å²) in [5.41, 5.74) is 1.23. The molecule has 0 aliphatic carbocycles. The molecule has 1 N–H and O–H groups in total. The lowest BCUT2D eigenvalue weighted by Gasteiger charge is -2.26. The Morgan fingerprint density at radius 1 is 1.15 bits per heavy atom. The molecule has 1 unspecified atom stereocenters. The van der Waals surface area contributed by atoms with E-state index in [2.05, 4.69) is 13.8 Å². The highest BCUT2D eigenvalue weighted by Gasteiger charge is 2.45. The molecule has 33 heavy (non-hydrogen) atoms. The Balaban J connectivity index is 2.06. The number of likely N-dealkylation sites (tertiary alicyclic amines) is 1. The normalized spacial score (nSPS) is 17.9. The van der Waals surface area contributed by atoms with Crippen molar-refractivity contribution in [1.82, 2.24) is 9.80 Å². The van der Waals surface area contributed by atoms with Crippen molar-refractivity contribution in [2.75, 3.05) is 33.8 Å². The quantitative estimate of drug-likeness (QED) is 0.325. The lowest BCUT2D eigenvalue weighted by Crippen LogP contribution is -2.32. The number of ketones is 1. The number of hydrogen-bond acceptors (Lipinski definition) is 5. The zero-order chi connectivity index (χ0) is 24.1. The van der Waals surface area contributed by atoms with Crippen molar-refractivity contribution < 1.29 is 19.4 Å². The van der Waals surface area contributed by atoms with Crippen LogP contribution in [0.1, 0.15) is 37.4 Å². The van der Waals surface area contributed by atoms with Crippen LogP contribution in [0.4, 0.5) is 0 Å². The predicted molar refractivity (Wildman–Crippen MR) is 130 cm³/mol. The van der Waals surface area contributed by atoms with Crippen LogP contribution in [0, 0.1) is 5.92 Å². The van der Waals surface area contributed by atoms with Gasteiger partial charge in [0, 0.05) is 17.1 Å². The van der Waals surface area contributed by atoms with Gasteiger partial charge >= 0.3 is 0 Å². The molecular weight excluding hydrogens is 440 g/mol. The summed E-state index contributed by atoms with van der Waals surface area (Å²) in [4.78, 5) is 29.7. The van der Waals surface area contributed by atoms with E-state index in [0.29, 0.717) is 41.8 Å². The summed E-state index contributed by atoms with van der Waals surface area (Å²) >= 11 is 5.98. The summed E-state index contributed by atoms with van der Waals surface area (Å²) in [5, 5.41) is 11.6. The number of nitrogens with zero attached hydrogens (tertiary/aromatic N) is 2. The van der Waals surface area contributed by atoms with Crippen molar-refractivity contribution >= 4 is 29.1 Å². The smallest absolute Gasteiger partial charge is 0.295 e. The Hall–Kier alpha value is -2.83. The van der Waals surface area contributed by atoms with Crippen molar-refractivity contribution in [3.63, 3.8) is 0 Å². The van der Waals surface area contributed by atoms with Crippen LogP contribution in [0.3, 0.4) is 0 Å². The molecule has 3 rings (SSSR count). The SMILES string of the molecule is CC(C)COc1cccc(C2/C(=C(/O)c3ccc(Cl)cc3)C(=O)C(=O)N2CCCN(C)C)c1. The second-order valence-electron chi connectivity index (χ2n) is 8.93. The number of aliphatic hydroxyl groups is 1. The average Bonchev–Trinajstić information content (AvgIpc) is 3.03.